The molecule has 0 bridgehead atoms. The van der Waals surface area contributed by atoms with E-state index in [-0.39, 0.29) is 34.5 Å². The number of ether oxygens (including phenoxy) is 1. The number of halogens is 1. The molecular weight excluding hydrogens is 404 g/mol. The largest absolute Gasteiger partial charge is 0.383 e. The van der Waals surface area contributed by atoms with Crippen molar-refractivity contribution in [2.24, 2.45) is 11.3 Å². The van der Waals surface area contributed by atoms with Crippen molar-refractivity contribution in [3.8, 4) is 0 Å². The van der Waals surface area contributed by atoms with Crippen molar-refractivity contribution in [3.63, 3.8) is 0 Å². The SMILES string of the molecule is CNS(=O)(=O)c1ccc(NCCOC)c(NC(=O)C2CC23CCNCC3)c1.Cl. The molecule has 3 rings (SSSR count). The van der Waals surface area contributed by atoms with Crippen LogP contribution in [0.5, 0.6) is 0 Å². The molecule has 1 unspecified atom stereocenters. The highest BCUT2D eigenvalue weighted by Gasteiger charge is 2.57. The van der Waals surface area contributed by atoms with E-state index in [1.54, 1.807) is 13.2 Å². The maximum Gasteiger partial charge on any atom is 0.240 e. The molecule has 0 aromatic heterocycles. The Labute approximate surface area is 172 Å². The minimum Gasteiger partial charge on any atom is -0.383 e. The van der Waals surface area contributed by atoms with Gasteiger partial charge in [0.1, 0.15) is 0 Å². The summed E-state index contributed by atoms with van der Waals surface area (Å²) in [7, 11) is -0.618. The van der Waals surface area contributed by atoms with Crippen LogP contribution < -0.4 is 20.7 Å². The molecule has 1 saturated carbocycles. The van der Waals surface area contributed by atoms with Crippen LogP contribution in [0.3, 0.4) is 0 Å². The number of hydrogen-bond acceptors (Lipinski definition) is 6. The predicted molar refractivity (Wildman–Crippen MR) is 112 cm³/mol. The van der Waals surface area contributed by atoms with Gasteiger partial charge in [-0.05, 0) is 63.0 Å². The van der Waals surface area contributed by atoms with Crippen molar-refractivity contribution in [1.29, 1.82) is 0 Å². The molecule has 4 N–H and O–H groups in total. The second-order valence-electron chi connectivity index (χ2n) is 7.19. The lowest BCUT2D eigenvalue weighted by Gasteiger charge is -2.23. The molecule has 1 aliphatic carbocycles. The Balaban J connectivity index is 0.00000280. The number of carbonyl (C=O) groups is 1. The summed E-state index contributed by atoms with van der Waals surface area (Å²) in [5.74, 6) is -0.0401. The molecule has 1 amide bonds. The first-order valence-electron chi connectivity index (χ1n) is 9.24. The van der Waals surface area contributed by atoms with E-state index in [4.69, 9.17) is 4.74 Å². The van der Waals surface area contributed by atoms with Crippen LogP contribution in [-0.2, 0) is 19.6 Å². The second-order valence-corrected chi connectivity index (χ2v) is 9.08. The predicted octanol–water partition coefficient (Wildman–Crippen LogP) is 1.40. The third kappa shape index (κ3) is 4.96. The highest BCUT2D eigenvalue weighted by molar-refractivity contribution is 7.89. The van der Waals surface area contributed by atoms with Crippen LogP contribution in [0.25, 0.3) is 0 Å². The van der Waals surface area contributed by atoms with Crippen molar-refractivity contribution < 1.29 is 17.9 Å². The molecule has 0 radical (unpaired) electrons. The summed E-state index contributed by atoms with van der Waals surface area (Å²) in [5.41, 5.74) is 1.27. The van der Waals surface area contributed by atoms with Gasteiger partial charge in [0.05, 0.1) is 22.9 Å². The average Bonchev–Trinajstić information content (AvgIpc) is 3.36. The molecule has 158 valence electrons. The van der Waals surface area contributed by atoms with Gasteiger partial charge in [-0.25, -0.2) is 13.1 Å². The number of piperidine rings is 1. The molecule has 1 aromatic carbocycles. The summed E-state index contributed by atoms with van der Waals surface area (Å²) in [6, 6.07) is 4.68. The van der Waals surface area contributed by atoms with Gasteiger partial charge in [-0.3, -0.25) is 4.79 Å². The van der Waals surface area contributed by atoms with Crippen LogP contribution in [0.15, 0.2) is 23.1 Å². The summed E-state index contributed by atoms with van der Waals surface area (Å²) in [4.78, 5) is 12.9. The Morgan fingerprint density at radius 3 is 2.64 bits per heavy atom. The lowest BCUT2D eigenvalue weighted by atomic mass is 9.92. The van der Waals surface area contributed by atoms with E-state index < -0.39 is 10.0 Å². The first-order valence-corrected chi connectivity index (χ1v) is 10.7. The molecule has 1 aliphatic heterocycles. The van der Waals surface area contributed by atoms with E-state index in [1.165, 1.54) is 19.2 Å². The lowest BCUT2D eigenvalue weighted by Crippen LogP contribution is -2.31. The summed E-state index contributed by atoms with van der Waals surface area (Å²) in [6.45, 7) is 2.95. The minimum atomic E-state index is -3.59. The standard InChI is InChI=1S/C18H28N4O4S.ClH/c1-19-27(24,25)13-3-4-15(21-9-10-26-2)16(11-13)22-17(23)14-12-18(14)5-7-20-8-6-18;/h3-4,11,14,19-21H,5-10,12H2,1-2H3,(H,22,23);1H. The van der Waals surface area contributed by atoms with Crippen molar-refractivity contribution in [2.45, 2.75) is 24.2 Å². The monoisotopic (exact) mass is 432 g/mol. The highest BCUT2D eigenvalue weighted by atomic mass is 35.5. The minimum absolute atomic E-state index is 0. The topological polar surface area (TPSA) is 109 Å². The molecular formula is C18H29ClN4O4S. The van der Waals surface area contributed by atoms with Crippen molar-refractivity contribution >= 4 is 39.7 Å². The summed E-state index contributed by atoms with van der Waals surface area (Å²) < 4.78 is 31.6. The third-order valence-corrected chi connectivity index (χ3v) is 6.97. The molecule has 10 heteroatoms. The second kappa shape index (κ2) is 9.41. The number of hydrogen-bond donors (Lipinski definition) is 4. The first-order chi connectivity index (χ1) is 12.9. The molecule has 1 spiro atoms. The van der Waals surface area contributed by atoms with E-state index >= 15 is 0 Å². The number of sulfonamides is 1. The fraction of sp³-hybridized carbons (Fsp3) is 0.611. The normalized spacial score (nSPS) is 20.3. The van der Waals surface area contributed by atoms with Gasteiger partial charge < -0.3 is 20.7 Å². The lowest BCUT2D eigenvalue weighted by molar-refractivity contribution is -0.118. The van der Waals surface area contributed by atoms with Gasteiger partial charge >= 0.3 is 0 Å². The van der Waals surface area contributed by atoms with Gasteiger partial charge in [-0.1, -0.05) is 0 Å². The van der Waals surface area contributed by atoms with Gasteiger partial charge in [0, 0.05) is 19.6 Å². The molecule has 1 atom stereocenters. The maximum atomic E-state index is 12.8. The Bertz CT molecular complexity index is 797. The van der Waals surface area contributed by atoms with Crippen molar-refractivity contribution in [1.82, 2.24) is 10.0 Å². The average molecular weight is 433 g/mol. The number of benzene rings is 1. The summed E-state index contributed by atoms with van der Waals surface area (Å²) in [5, 5.41) is 9.46. The number of rotatable bonds is 8. The van der Waals surface area contributed by atoms with Crippen LogP contribution in [0.1, 0.15) is 19.3 Å². The van der Waals surface area contributed by atoms with E-state index in [0.29, 0.717) is 24.5 Å². The Morgan fingerprint density at radius 1 is 1.29 bits per heavy atom. The van der Waals surface area contributed by atoms with Gasteiger partial charge in [0.15, 0.2) is 0 Å². The van der Waals surface area contributed by atoms with E-state index in [0.717, 1.165) is 32.4 Å². The molecule has 1 heterocycles. The maximum absolute atomic E-state index is 12.8. The fourth-order valence-corrected chi connectivity index (χ4v) is 4.53. The Kier molecular flexibility index (Phi) is 7.69. The molecule has 1 aromatic rings. The molecule has 2 fully saturated rings. The molecule has 8 nitrogen and oxygen atoms in total. The number of methoxy groups -OCH3 is 1. The molecule has 2 aliphatic rings. The van der Waals surface area contributed by atoms with Gasteiger partial charge in [0.25, 0.3) is 0 Å². The quantitative estimate of drug-likeness (QED) is 0.462. The summed E-state index contributed by atoms with van der Waals surface area (Å²) in [6.07, 6.45) is 2.93. The molecule has 1 saturated heterocycles. The van der Waals surface area contributed by atoms with Gasteiger partial charge in [0.2, 0.25) is 15.9 Å². The highest BCUT2D eigenvalue weighted by Crippen LogP contribution is 2.58. The Morgan fingerprint density at radius 2 is 2.00 bits per heavy atom. The zero-order chi connectivity index (χ0) is 19.5. The van der Waals surface area contributed by atoms with E-state index in [2.05, 4.69) is 20.7 Å². The van der Waals surface area contributed by atoms with Gasteiger partial charge in [-0.15, -0.1) is 12.4 Å². The van der Waals surface area contributed by atoms with Crippen molar-refractivity contribution in [3.05, 3.63) is 18.2 Å². The smallest absolute Gasteiger partial charge is 0.240 e. The van der Waals surface area contributed by atoms with Crippen LogP contribution in [0.4, 0.5) is 11.4 Å². The Hall–Kier alpha value is -1.39. The number of anilines is 2. The van der Waals surface area contributed by atoms with E-state index in [1.807, 2.05) is 0 Å². The fourth-order valence-electron chi connectivity index (χ4n) is 3.77. The van der Waals surface area contributed by atoms with Crippen LogP contribution in [-0.4, -0.2) is 54.7 Å². The van der Waals surface area contributed by atoms with Crippen LogP contribution in [0.2, 0.25) is 0 Å². The zero-order valence-electron chi connectivity index (χ0n) is 16.2. The number of carbonyl (C=O) groups excluding carboxylic acids is 1. The number of nitrogens with one attached hydrogen (secondary N) is 4. The van der Waals surface area contributed by atoms with E-state index in [9.17, 15) is 13.2 Å². The van der Waals surface area contributed by atoms with Gasteiger partial charge in [-0.2, -0.15) is 0 Å². The first kappa shape index (κ1) is 22.9. The number of amides is 1. The van der Waals surface area contributed by atoms with Crippen LogP contribution >= 0.6 is 12.4 Å². The van der Waals surface area contributed by atoms with Crippen molar-refractivity contribution in [2.75, 3.05) is 51.0 Å². The summed E-state index contributed by atoms with van der Waals surface area (Å²) >= 11 is 0. The third-order valence-electron chi connectivity index (χ3n) is 5.56. The van der Waals surface area contributed by atoms with Crippen LogP contribution in [0, 0.1) is 11.3 Å². The zero-order valence-corrected chi connectivity index (χ0v) is 17.8. The molecule has 28 heavy (non-hydrogen) atoms.